The van der Waals surface area contributed by atoms with E-state index in [0.717, 1.165) is 5.57 Å². The first-order chi connectivity index (χ1) is 6.15. The number of hydrogen-bond donors (Lipinski definition) is 1. The summed E-state index contributed by atoms with van der Waals surface area (Å²) in [6, 6.07) is 1.88. The second-order valence-corrected chi connectivity index (χ2v) is 2.78. The number of rotatable bonds is 1. The van der Waals surface area contributed by atoms with Gasteiger partial charge in [-0.1, -0.05) is 17.7 Å². The SMILES string of the molecule is CC1=CCC=C(C(=O)O)C(C#N)=C1. The van der Waals surface area contributed by atoms with Crippen LogP contribution in [0.15, 0.2) is 34.9 Å². The average molecular weight is 175 g/mol. The maximum atomic E-state index is 10.7. The smallest absolute Gasteiger partial charge is 0.336 e. The Morgan fingerprint density at radius 3 is 2.85 bits per heavy atom. The van der Waals surface area contributed by atoms with Crippen molar-refractivity contribution in [2.45, 2.75) is 13.3 Å². The van der Waals surface area contributed by atoms with Gasteiger partial charge in [-0.2, -0.15) is 5.26 Å². The van der Waals surface area contributed by atoms with Crippen molar-refractivity contribution in [2.24, 2.45) is 0 Å². The van der Waals surface area contributed by atoms with E-state index >= 15 is 0 Å². The standard InChI is InChI=1S/C10H9NO2/c1-7-3-2-4-9(10(12)13)8(5-7)6-11/h3-5H,2H2,1H3,(H,12,13). The first-order valence-corrected chi connectivity index (χ1v) is 3.87. The molecule has 0 unspecified atom stereocenters. The van der Waals surface area contributed by atoms with E-state index in [2.05, 4.69) is 0 Å². The maximum absolute atomic E-state index is 10.7. The van der Waals surface area contributed by atoms with Crippen molar-refractivity contribution < 1.29 is 9.90 Å². The van der Waals surface area contributed by atoms with Crippen LogP contribution < -0.4 is 0 Å². The van der Waals surface area contributed by atoms with Gasteiger partial charge in [0.2, 0.25) is 0 Å². The molecule has 0 bridgehead atoms. The number of allylic oxidation sites excluding steroid dienone is 4. The fourth-order valence-electron chi connectivity index (χ4n) is 1.13. The summed E-state index contributed by atoms with van der Waals surface area (Å²) >= 11 is 0. The molecule has 0 saturated carbocycles. The van der Waals surface area contributed by atoms with Crippen LogP contribution in [0, 0.1) is 11.3 Å². The quantitative estimate of drug-likeness (QED) is 0.660. The van der Waals surface area contributed by atoms with Crippen molar-refractivity contribution in [3.05, 3.63) is 34.9 Å². The van der Waals surface area contributed by atoms with Crippen molar-refractivity contribution in [1.82, 2.24) is 0 Å². The summed E-state index contributed by atoms with van der Waals surface area (Å²) in [5, 5.41) is 17.5. The number of carboxylic acid groups (broad SMARTS) is 1. The van der Waals surface area contributed by atoms with Gasteiger partial charge in [0.25, 0.3) is 0 Å². The van der Waals surface area contributed by atoms with Crippen LogP contribution in [0.2, 0.25) is 0 Å². The second kappa shape index (κ2) is 3.72. The van der Waals surface area contributed by atoms with Gasteiger partial charge in [0.1, 0.15) is 6.07 Å². The van der Waals surface area contributed by atoms with E-state index < -0.39 is 5.97 Å². The highest BCUT2D eigenvalue weighted by Crippen LogP contribution is 2.17. The van der Waals surface area contributed by atoms with Crippen molar-refractivity contribution in [1.29, 1.82) is 5.26 Å². The van der Waals surface area contributed by atoms with E-state index in [0.29, 0.717) is 6.42 Å². The van der Waals surface area contributed by atoms with Gasteiger partial charge in [-0.15, -0.1) is 0 Å². The third-order valence-corrected chi connectivity index (χ3v) is 1.77. The normalized spacial score (nSPS) is 16.2. The van der Waals surface area contributed by atoms with Crippen LogP contribution in [0.5, 0.6) is 0 Å². The lowest BCUT2D eigenvalue weighted by atomic mass is 10.1. The Hall–Kier alpha value is -1.82. The number of hydrogen-bond acceptors (Lipinski definition) is 2. The first kappa shape index (κ1) is 9.27. The van der Waals surface area contributed by atoms with Crippen molar-refractivity contribution in [2.75, 3.05) is 0 Å². The van der Waals surface area contributed by atoms with E-state index in [-0.39, 0.29) is 11.1 Å². The van der Waals surface area contributed by atoms with Crippen LogP contribution in [0.25, 0.3) is 0 Å². The molecule has 0 aromatic heterocycles. The van der Waals surface area contributed by atoms with E-state index in [9.17, 15) is 4.79 Å². The zero-order chi connectivity index (χ0) is 9.84. The summed E-state index contributed by atoms with van der Waals surface area (Å²) in [5.74, 6) is -1.05. The summed E-state index contributed by atoms with van der Waals surface area (Å²) in [4.78, 5) is 10.7. The molecule has 3 nitrogen and oxygen atoms in total. The molecule has 0 saturated heterocycles. The third kappa shape index (κ3) is 2.06. The number of carboxylic acids is 1. The number of nitriles is 1. The molecular formula is C10H9NO2. The molecule has 0 atom stereocenters. The van der Waals surface area contributed by atoms with Gasteiger partial charge in [-0.05, 0) is 19.4 Å². The third-order valence-electron chi connectivity index (χ3n) is 1.77. The molecule has 1 rings (SSSR count). The topological polar surface area (TPSA) is 61.1 Å². The Bertz CT molecular complexity index is 367. The Balaban J connectivity index is 3.14. The van der Waals surface area contributed by atoms with E-state index in [4.69, 9.17) is 10.4 Å². The Morgan fingerprint density at radius 1 is 1.62 bits per heavy atom. The summed E-state index contributed by atoms with van der Waals surface area (Å²) in [6.45, 7) is 1.84. The molecule has 0 aliphatic heterocycles. The van der Waals surface area contributed by atoms with E-state index in [1.165, 1.54) is 0 Å². The molecular weight excluding hydrogens is 166 g/mol. The van der Waals surface area contributed by atoms with Crippen LogP contribution in [0.1, 0.15) is 13.3 Å². The van der Waals surface area contributed by atoms with Gasteiger partial charge >= 0.3 is 5.97 Å². The molecule has 66 valence electrons. The lowest BCUT2D eigenvalue weighted by Gasteiger charge is -1.96. The van der Waals surface area contributed by atoms with Crippen molar-refractivity contribution >= 4 is 5.97 Å². The fourth-order valence-corrected chi connectivity index (χ4v) is 1.13. The zero-order valence-electron chi connectivity index (χ0n) is 7.24. The lowest BCUT2D eigenvalue weighted by molar-refractivity contribution is -0.132. The van der Waals surface area contributed by atoms with Gasteiger partial charge in [-0.3, -0.25) is 0 Å². The Labute approximate surface area is 76.3 Å². The van der Waals surface area contributed by atoms with Gasteiger partial charge in [-0.25, -0.2) is 4.79 Å². The molecule has 1 aliphatic rings. The van der Waals surface area contributed by atoms with E-state index in [1.54, 1.807) is 12.2 Å². The highest BCUT2D eigenvalue weighted by molar-refractivity contribution is 5.93. The minimum absolute atomic E-state index is 0.0931. The van der Waals surface area contributed by atoms with Crippen LogP contribution in [0.3, 0.4) is 0 Å². The highest BCUT2D eigenvalue weighted by atomic mass is 16.4. The minimum Gasteiger partial charge on any atom is -0.478 e. The Kier molecular flexibility index (Phi) is 2.65. The second-order valence-electron chi connectivity index (χ2n) is 2.78. The zero-order valence-corrected chi connectivity index (χ0v) is 7.24. The molecule has 1 aliphatic carbocycles. The van der Waals surface area contributed by atoms with Crippen molar-refractivity contribution in [3.8, 4) is 6.07 Å². The molecule has 0 aromatic carbocycles. The largest absolute Gasteiger partial charge is 0.478 e. The summed E-state index contributed by atoms with van der Waals surface area (Å²) < 4.78 is 0. The van der Waals surface area contributed by atoms with E-state index in [1.807, 2.05) is 19.1 Å². The maximum Gasteiger partial charge on any atom is 0.336 e. The molecule has 0 radical (unpaired) electrons. The van der Waals surface area contributed by atoms with Crippen LogP contribution in [-0.2, 0) is 4.79 Å². The molecule has 0 fully saturated rings. The minimum atomic E-state index is -1.05. The number of nitrogens with zero attached hydrogens (tertiary/aromatic N) is 1. The Morgan fingerprint density at radius 2 is 2.31 bits per heavy atom. The molecule has 0 heterocycles. The number of carbonyl (C=O) groups is 1. The molecule has 0 aromatic rings. The molecule has 1 N–H and O–H groups in total. The predicted octanol–water partition coefficient (Wildman–Crippen LogP) is 1.80. The van der Waals surface area contributed by atoms with Crippen LogP contribution in [0.4, 0.5) is 0 Å². The molecule has 13 heavy (non-hydrogen) atoms. The van der Waals surface area contributed by atoms with Gasteiger partial charge in [0.05, 0.1) is 11.1 Å². The average Bonchev–Trinajstić information content (AvgIpc) is 2.26. The summed E-state index contributed by atoms with van der Waals surface area (Å²) in [6.07, 6.45) is 5.59. The fraction of sp³-hybridized carbons (Fsp3) is 0.200. The molecule has 3 heteroatoms. The molecule has 0 spiro atoms. The van der Waals surface area contributed by atoms with Crippen molar-refractivity contribution in [3.63, 3.8) is 0 Å². The lowest BCUT2D eigenvalue weighted by Crippen LogP contribution is -2.02. The predicted molar refractivity (Wildman–Crippen MR) is 47.8 cm³/mol. The van der Waals surface area contributed by atoms with Gasteiger partial charge in [0, 0.05) is 0 Å². The van der Waals surface area contributed by atoms with Crippen LogP contribution >= 0.6 is 0 Å². The monoisotopic (exact) mass is 175 g/mol. The number of aliphatic carboxylic acids is 1. The van der Waals surface area contributed by atoms with Crippen LogP contribution in [-0.4, -0.2) is 11.1 Å². The summed E-state index contributed by atoms with van der Waals surface area (Å²) in [7, 11) is 0. The first-order valence-electron chi connectivity index (χ1n) is 3.87. The molecule has 0 amide bonds. The summed E-state index contributed by atoms with van der Waals surface area (Å²) in [5.41, 5.74) is 1.23. The van der Waals surface area contributed by atoms with Gasteiger partial charge in [0.15, 0.2) is 0 Å². The van der Waals surface area contributed by atoms with Gasteiger partial charge < -0.3 is 5.11 Å². The highest BCUT2D eigenvalue weighted by Gasteiger charge is 2.13.